The van der Waals surface area contributed by atoms with Gasteiger partial charge >= 0.3 is 0 Å². The van der Waals surface area contributed by atoms with Gasteiger partial charge < -0.3 is 14.9 Å². The van der Waals surface area contributed by atoms with Crippen molar-refractivity contribution < 1.29 is 0 Å². The van der Waals surface area contributed by atoms with Crippen molar-refractivity contribution in [3.63, 3.8) is 0 Å². The maximum Gasteiger partial charge on any atom is 0.139 e. The average molecular weight is 255 g/mol. The molecule has 3 rings (SSSR count). The number of hydrogen-bond acceptors (Lipinski definition) is 3. The number of aromatic nitrogens is 4. The van der Waals surface area contributed by atoms with E-state index in [9.17, 15) is 0 Å². The second kappa shape index (κ2) is 5.14. The van der Waals surface area contributed by atoms with E-state index in [1.807, 2.05) is 30.7 Å². The van der Waals surface area contributed by atoms with Crippen LogP contribution in [-0.4, -0.2) is 26.1 Å². The first-order valence-corrected chi connectivity index (χ1v) is 6.55. The van der Waals surface area contributed by atoms with Gasteiger partial charge in [0.05, 0.1) is 0 Å². The number of imidazole rings is 1. The third-order valence-electron chi connectivity index (χ3n) is 3.19. The molecule has 5 heteroatoms. The van der Waals surface area contributed by atoms with Gasteiger partial charge in [0, 0.05) is 43.5 Å². The van der Waals surface area contributed by atoms with E-state index < -0.39 is 0 Å². The molecule has 0 aromatic carbocycles. The summed E-state index contributed by atoms with van der Waals surface area (Å²) in [6.45, 7) is 3.85. The Balaban J connectivity index is 1.62. The van der Waals surface area contributed by atoms with E-state index >= 15 is 0 Å². The summed E-state index contributed by atoms with van der Waals surface area (Å²) in [7, 11) is 0. The van der Waals surface area contributed by atoms with Crippen LogP contribution in [0.5, 0.6) is 0 Å². The molecule has 0 unspecified atom stereocenters. The SMILES string of the molecule is CCc1nccn1CCNc1ccc2cc[nH]c2n1. The Morgan fingerprint density at radius 3 is 3.16 bits per heavy atom. The molecule has 0 amide bonds. The average Bonchev–Trinajstić information content (AvgIpc) is 3.06. The standard InChI is InChI=1S/C14H17N5/c1-2-13-16-8-10-19(13)9-7-15-12-4-3-11-5-6-17-14(11)18-12/h3-6,8,10H,2,7,9H2,1H3,(H2,15,17,18). The van der Waals surface area contributed by atoms with Crippen LogP contribution in [0.1, 0.15) is 12.7 Å². The summed E-state index contributed by atoms with van der Waals surface area (Å²) in [5.41, 5.74) is 0.918. The number of nitrogens with zero attached hydrogens (tertiary/aromatic N) is 3. The van der Waals surface area contributed by atoms with Crippen molar-refractivity contribution in [3.05, 3.63) is 42.6 Å². The lowest BCUT2D eigenvalue weighted by molar-refractivity contribution is 0.680. The highest BCUT2D eigenvalue weighted by Gasteiger charge is 2.01. The second-order valence-corrected chi connectivity index (χ2v) is 4.43. The fourth-order valence-corrected chi connectivity index (χ4v) is 2.19. The Morgan fingerprint density at radius 1 is 1.32 bits per heavy atom. The lowest BCUT2D eigenvalue weighted by atomic mass is 10.3. The van der Waals surface area contributed by atoms with Gasteiger partial charge in [-0.3, -0.25) is 0 Å². The Labute approximate surface area is 111 Å². The predicted octanol–water partition coefficient (Wildman–Crippen LogP) is 2.43. The number of anilines is 1. The first-order chi connectivity index (χ1) is 9.36. The smallest absolute Gasteiger partial charge is 0.139 e. The minimum atomic E-state index is 0.836. The van der Waals surface area contributed by atoms with Gasteiger partial charge in [-0.15, -0.1) is 0 Å². The van der Waals surface area contributed by atoms with Crippen LogP contribution in [0.3, 0.4) is 0 Å². The van der Waals surface area contributed by atoms with E-state index in [1.165, 1.54) is 0 Å². The molecule has 0 atom stereocenters. The molecule has 0 saturated carbocycles. The van der Waals surface area contributed by atoms with Crippen molar-refractivity contribution in [1.82, 2.24) is 19.5 Å². The minimum Gasteiger partial charge on any atom is -0.368 e. The highest BCUT2D eigenvalue weighted by atomic mass is 15.1. The number of H-pyrrole nitrogens is 1. The maximum atomic E-state index is 4.51. The van der Waals surface area contributed by atoms with Crippen LogP contribution in [-0.2, 0) is 13.0 Å². The van der Waals surface area contributed by atoms with Gasteiger partial charge in [0.2, 0.25) is 0 Å². The van der Waals surface area contributed by atoms with E-state index in [0.29, 0.717) is 0 Å². The first-order valence-electron chi connectivity index (χ1n) is 6.55. The maximum absolute atomic E-state index is 4.51. The third kappa shape index (κ3) is 2.45. The van der Waals surface area contributed by atoms with Crippen LogP contribution < -0.4 is 5.32 Å². The zero-order valence-corrected chi connectivity index (χ0v) is 10.9. The van der Waals surface area contributed by atoms with E-state index in [0.717, 1.165) is 42.2 Å². The molecule has 5 nitrogen and oxygen atoms in total. The van der Waals surface area contributed by atoms with Gasteiger partial charge in [0.25, 0.3) is 0 Å². The van der Waals surface area contributed by atoms with Gasteiger partial charge in [-0.05, 0) is 18.2 Å². The Kier molecular flexibility index (Phi) is 3.18. The van der Waals surface area contributed by atoms with Gasteiger partial charge in [0.15, 0.2) is 0 Å². The van der Waals surface area contributed by atoms with Gasteiger partial charge in [0.1, 0.15) is 17.3 Å². The molecule has 0 aliphatic heterocycles. The number of fused-ring (bicyclic) bond motifs is 1. The number of rotatable bonds is 5. The van der Waals surface area contributed by atoms with Crippen LogP contribution in [0.2, 0.25) is 0 Å². The van der Waals surface area contributed by atoms with Crippen molar-refractivity contribution in [3.8, 4) is 0 Å². The summed E-state index contributed by atoms with van der Waals surface area (Å²) in [5, 5.41) is 4.47. The number of pyridine rings is 1. The van der Waals surface area contributed by atoms with Crippen molar-refractivity contribution >= 4 is 16.9 Å². The highest BCUT2D eigenvalue weighted by Crippen LogP contribution is 2.12. The van der Waals surface area contributed by atoms with Crippen molar-refractivity contribution in [2.24, 2.45) is 0 Å². The van der Waals surface area contributed by atoms with E-state index in [1.54, 1.807) is 0 Å². The molecule has 0 spiro atoms. The molecule has 0 fully saturated rings. The van der Waals surface area contributed by atoms with Gasteiger partial charge in [-0.25, -0.2) is 9.97 Å². The van der Waals surface area contributed by atoms with Crippen molar-refractivity contribution in [2.75, 3.05) is 11.9 Å². The number of aryl methyl sites for hydroxylation is 1. The molecule has 0 aliphatic carbocycles. The van der Waals surface area contributed by atoms with Gasteiger partial charge in [-0.1, -0.05) is 6.92 Å². The highest BCUT2D eigenvalue weighted by molar-refractivity contribution is 5.77. The molecule has 98 valence electrons. The minimum absolute atomic E-state index is 0.836. The molecule has 0 radical (unpaired) electrons. The lowest BCUT2D eigenvalue weighted by Crippen LogP contribution is -2.12. The largest absolute Gasteiger partial charge is 0.368 e. The summed E-state index contributed by atoms with van der Waals surface area (Å²) in [6.07, 6.45) is 6.73. The van der Waals surface area contributed by atoms with Crippen LogP contribution in [0, 0.1) is 0 Å². The van der Waals surface area contributed by atoms with E-state index in [-0.39, 0.29) is 0 Å². The Morgan fingerprint density at radius 2 is 2.26 bits per heavy atom. The van der Waals surface area contributed by atoms with Crippen LogP contribution in [0.25, 0.3) is 11.0 Å². The fourth-order valence-electron chi connectivity index (χ4n) is 2.19. The monoisotopic (exact) mass is 255 g/mol. The van der Waals surface area contributed by atoms with Crippen LogP contribution >= 0.6 is 0 Å². The first kappa shape index (κ1) is 11.8. The van der Waals surface area contributed by atoms with Gasteiger partial charge in [-0.2, -0.15) is 0 Å². The quantitative estimate of drug-likeness (QED) is 0.736. The Bertz CT molecular complexity index is 667. The summed E-state index contributed by atoms with van der Waals surface area (Å²) >= 11 is 0. The molecule has 3 aromatic rings. The number of nitrogens with one attached hydrogen (secondary N) is 2. The third-order valence-corrected chi connectivity index (χ3v) is 3.19. The van der Waals surface area contributed by atoms with Crippen molar-refractivity contribution in [2.45, 2.75) is 19.9 Å². The summed E-state index contributed by atoms with van der Waals surface area (Å²) in [4.78, 5) is 11.9. The normalized spacial score (nSPS) is 11.0. The molecular weight excluding hydrogens is 238 g/mol. The summed E-state index contributed by atoms with van der Waals surface area (Å²) < 4.78 is 2.17. The Hall–Kier alpha value is -2.30. The topological polar surface area (TPSA) is 58.5 Å². The number of aromatic amines is 1. The molecule has 0 aliphatic rings. The summed E-state index contributed by atoms with van der Waals surface area (Å²) in [6, 6.07) is 6.09. The van der Waals surface area contributed by atoms with Crippen LogP contribution in [0.15, 0.2) is 36.8 Å². The van der Waals surface area contributed by atoms with Crippen molar-refractivity contribution in [1.29, 1.82) is 0 Å². The molecule has 0 bridgehead atoms. The molecule has 2 N–H and O–H groups in total. The fraction of sp³-hybridized carbons (Fsp3) is 0.286. The zero-order chi connectivity index (χ0) is 13.1. The lowest BCUT2D eigenvalue weighted by Gasteiger charge is -2.08. The number of hydrogen-bond donors (Lipinski definition) is 2. The molecular formula is C14H17N5. The molecule has 3 aromatic heterocycles. The van der Waals surface area contributed by atoms with E-state index in [4.69, 9.17) is 0 Å². The van der Waals surface area contributed by atoms with E-state index in [2.05, 4.69) is 37.8 Å². The molecule has 19 heavy (non-hydrogen) atoms. The molecule has 3 heterocycles. The van der Waals surface area contributed by atoms with Crippen LogP contribution in [0.4, 0.5) is 5.82 Å². The molecule has 0 saturated heterocycles. The predicted molar refractivity (Wildman–Crippen MR) is 76.2 cm³/mol. The zero-order valence-electron chi connectivity index (χ0n) is 10.9. The summed E-state index contributed by atoms with van der Waals surface area (Å²) in [5.74, 6) is 2.02. The second-order valence-electron chi connectivity index (χ2n) is 4.43.